The first-order valence-corrected chi connectivity index (χ1v) is 11.3. The quantitative estimate of drug-likeness (QED) is 0.462. The van der Waals surface area contributed by atoms with E-state index >= 15 is 0 Å². The lowest BCUT2D eigenvalue weighted by Gasteiger charge is -2.31. The van der Waals surface area contributed by atoms with E-state index in [9.17, 15) is 9.59 Å². The molecule has 166 valence electrons. The summed E-state index contributed by atoms with van der Waals surface area (Å²) in [5.41, 5.74) is 2.80. The monoisotopic (exact) mass is 468 g/mol. The molecule has 3 aromatic carbocycles. The third-order valence-electron chi connectivity index (χ3n) is 5.35. The molecule has 0 aliphatic rings. The van der Waals surface area contributed by atoms with E-state index in [4.69, 9.17) is 23.2 Å². The Labute approximate surface area is 199 Å². The summed E-state index contributed by atoms with van der Waals surface area (Å²) < 4.78 is 0. The van der Waals surface area contributed by atoms with Crippen molar-refractivity contribution < 1.29 is 9.59 Å². The lowest BCUT2D eigenvalue weighted by atomic mass is 10.0. The fraction of sp³-hybridized carbons (Fsp3) is 0.231. The van der Waals surface area contributed by atoms with Crippen LogP contribution in [0.25, 0.3) is 0 Å². The minimum Gasteiger partial charge on any atom is -0.357 e. The Morgan fingerprint density at radius 1 is 0.875 bits per heavy atom. The molecule has 1 atom stereocenters. The fourth-order valence-electron chi connectivity index (χ4n) is 3.59. The van der Waals surface area contributed by atoms with Crippen molar-refractivity contribution in [2.24, 2.45) is 0 Å². The van der Waals surface area contributed by atoms with Crippen LogP contribution in [0.4, 0.5) is 0 Å². The van der Waals surface area contributed by atoms with Gasteiger partial charge in [-0.1, -0.05) is 83.9 Å². The second kappa shape index (κ2) is 11.7. The van der Waals surface area contributed by atoms with Crippen molar-refractivity contribution in [3.63, 3.8) is 0 Å². The minimum absolute atomic E-state index is 0.107. The number of hydrogen-bond donors (Lipinski definition) is 1. The van der Waals surface area contributed by atoms with Crippen molar-refractivity contribution in [1.82, 2.24) is 10.2 Å². The molecule has 0 spiro atoms. The second-order valence-electron chi connectivity index (χ2n) is 7.56. The van der Waals surface area contributed by atoms with Gasteiger partial charge in [-0.25, -0.2) is 0 Å². The van der Waals surface area contributed by atoms with Crippen molar-refractivity contribution in [3.05, 3.63) is 106 Å². The zero-order valence-corrected chi connectivity index (χ0v) is 19.4. The Morgan fingerprint density at radius 3 is 2.19 bits per heavy atom. The molecule has 0 aliphatic carbocycles. The average molecular weight is 469 g/mol. The summed E-state index contributed by atoms with van der Waals surface area (Å²) in [6, 6.07) is 23.9. The highest BCUT2D eigenvalue weighted by molar-refractivity contribution is 6.31. The lowest BCUT2D eigenvalue weighted by molar-refractivity contribution is -0.141. The first-order chi connectivity index (χ1) is 15.5. The molecule has 0 heterocycles. The van der Waals surface area contributed by atoms with E-state index in [0.29, 0.717) is 29.4 Å². The zero-order valence-electron chi connectivity index (χ0n) is 17.9. The largest absolute Gasteiger partial charge is 0.357 e. The Bertz CT molecular complexity index is 1040. The molecule has 2 amide bonds. The number of hydrogen-bond acceptors (Lipinski definition) is 2. The molecule has 4 nitrogen and oxygen atoms in total. The molecule has 0 aromatic heterocycles. The van der Waals surface area contributed by atoms with Crippen molar-refractivity contribution in [2.75, 3.05) is 7.05 Å². The van der Waals surface area contributed by atoms with Crippen LogP contribution in [0.5, 0.6) is 0 Å². The standard InChI is InChI=1S/C26H26Cl2N2O2/c1-29-26(32)24(17-19-7-3-2-4-8-19)30(18-20-11-14-22(27)15-12-20)25(31)16-13-21-9-5-6-10-23(21)28/h2-12,14-15,24H,13,16-18H2,1H3,(H,29,32)/t24-/m1/s1. The summed E-state index contributed by atoms with van der Waals surface area (Å²) in [6.07, 6.45) is 1.17. The molecule has 0 unspecified atom stereocenters. The van der Waals surface area contributed by atoms with Crippen LogP contribution in [-0.4, -0.2) is 29.8 Å². The molecular weight excluding hydrogens is 443 g/mol. The van der Waals surface area contributed by atoms with Crippen LogP contribution < -0.4 is 5.32 Å². The Morgan fingerprint density at radius 2 is 1.53 bits per heavy atom. The van der Waals surface area contributed by atoms with Crippen molar-refractivity contribution in [3.8, 4) is 0 Å². The third kappa shape index (κ3) is 6.59. The lowest BCUT2D eigenvalue weighted by Crippen LogP contribution is -2.49. The van der Waals surface area contributed by atoms with Crippen LogP contribution >= 0.6 is 23.2 Å². The molecular formula is C26H26Cl2N2O2. The van der Waals surface area contributed by atoms with Crippen molar-refractivity contribution in [2.45, 2.75) is 31.8 Å². The van der Waals surface area contributed by atoms with Crippen LogP contribution in [0, 0.1) is 0 Å². The number of nitrogens with zero attached hydrogens (tertiary/aromatic N) is 1. The maximum absolute atomic E-state index is 13.4. The topological polar surface area (TPSA) is 49.4 Å². The second-order valence-corrected chi connectivity index (χ2v) is 8.40. The summed E-state index contributed by atoms with van der Waals surface area (Å²) in [6.45, 7) is 0.309. The number of aryl methyl sites for hydroxylation is 1. The fourth-order valence-corrected chi connectivity index (χ4v) is 3.95. The summed E-state index contributed by atoms with van der Waals surface area (Å²) in [7, 11) is 1.59. The van der Waals surface area contributed by atoms with Crippen LogP contribution in [-0.2, 0) is 29.0 Å². The van der Waals surface area contributed by atoms with Gasteiger partial charge < -0.3 is 10.2 Å². The van der Waals surface area contributed by atoms with Gasteiger partial charge in [0.15, 0.2) is 0 Å². The molecule has 3 rings (SSSR count). The summed E-state index contributed by atoms with van der Waals surface area (Å²) in [5, 5.41) is 3.98. The van der Waals surface area contributed by atoms with E-state index in [-0.39, 0.29) is 18.2 Å². The van der Waals surface area contributed by atoms with E-state index in [1.165, 1.54) is 0 Å². The smallest absolute Gasteiger partial charge is 0.242 e. The SMILES string of the molecule is CNC(=O)[C@@H](Cc1ccccc1)N(Cc1ccc(Cl)cc1)C(=O)CCc1ccccc1Cl. The number of likely N-dealkylation sites (N-methyl/N-ethyl adjacent to an activating group) is 1. The predicted molar refractivity (Wildman–Crippen MR) is 130 cm³/mol. The molecule has 0 radical (unpaired) electrons. The first kappa shape index (κ1) is 23.8. The van der Waals surface area contributed by atoms with Gasteiger partial charge in [0.1, 0.15) is 6.04 Å². The molecule has 3 aromatic rings. The number of carbonyl (C=O) groups excluding carboxylic acids is 2. The van der Waals surface area contributed by atoms with Gasteiger partial charge >= 0.3 is 0 Å². The van der Waals surface area contributed by atoms with Gasteiger partial charge in [0.05, 0.1) is 0 Å². The zero-order chi connectivity index (χ0) is 22.9. The highest BCUT2D eigenvalue weighted by Gasteiger charge is 2.29. The molecule has 1 N–H and O–H groups in total. The third-order valence-corrected chi connectivity index (χ3v) is 5.97. The maximum Gasteiger partial charge on any atom is 0.242 e. The van der Waals surface area contributed by atoms with Gasteiger partial charge in [-0.2, -0.15) is 0 Å². The van der Waals surface area contributed by atoms with Gasteiger partial charge in [-0.05, 0) is 41.3 Å². The van der Waals surface area contributed by atoms with E-state index in [1.807, 2.05) is 66.7 Å². The molecule has 32 heavy (non-hydrogen) atoms. The van der Waals surface area contributed by atoms with Crippen LogP contribution in [0.3, 0.4) is 0 Å². The van der Waals surface area contributed by atoms with Crippen LogP contribution in [0.15, 0.2) is 78.9 Å². The highest BCUT2D eigenvalue weighted by atomic mass is 35.5. The number of nitrogens with one attached hydrogen (secondary N) is 1. The average Bonchev–Trinajstić information content (AvgIpc) is 2.82. The number of benzene rings is 3. The number of amides is 2. The summed E-state index contributed by atoms with van der Waals surface area (Å²) >= 11 is 12.3. The van der Waals surface area contributed by atoms with Gasteiger partial charge in [-0.3, -0.25) is 9.59 Å². The Hall–Kier alpha value is -2.82. The minimum atomic E-state index is -0.642. The molecule has 0 saturated heterocycles. The van der Waals surface area contributed by atoms with Crippen molar-refractivity contribution in [1.29, 1.82) is 0 Å². The molecule has 0 saturated carbocycles. The molecule has 0 aliphatic heterocycles. The van der Waals surface area contributed by atoms with Gasteiger partial charge in [0.2, 0.25) is 11.8 Å². The van der Waals surface area contributed by atoms with E-state index in [2.05, 4.69) is 5.32 Å². The number of rotatable bonds is 9. The van der Waals surface area contributed by atoms with Crippen LogP contribution in [0.2, 0.25) is 10.0 Å². The van der Waals surface area contributed by atoms with E-state index in [0.717, 1.165) is 16.7 Å². The Balaban J connectivity index is 1.87. The number of halogens is 2. The van der Waals surface area contributed by atoms with Gasteiger partial charge in [-0.15, -0.1) is 0 Å². The van der Waals surface area contributed by atoms with E-state index in [1.54, 1.807) is 24.1 Å². The maximum atomic E-state index is 13.4. The number of carbonyl (C=O) groups is 2. The molecule has 0 bridgehead atoms. The normalized spacial score (nSPS) is 11.6. The van der Waals surface area contributed by atoms with Crippen molar-refractivity contribution >= 4 is 35.0 Å². The first-order valence-electron chi connectivity index (χ1n) is 10.5. The Kier molecular flexibility index (Phi) is 8.72. The predicted octanol–water partition coefficient (Wildman–Crippen LogP) is 5.31. The van der Waals surface area contributed by atoms with E-state index < -0.39 is 6.04 Å². The summed E-state index contributed by atoms with van der Waals surface area (Å²) in [4.78, 5) is 28.0. The summed E-state index contributed by atoms with van der Waals surface area (Å²) in [5.74, 6) is -0.307. The highest BCUT2D eigenvalue weighted by Crippen LogP contribution is 2.20. The molecule has 6 heteroatoms. The van der Waals surface area contributed by atoms with Gasteiger partial charge in [0.25, 0.3) is 0 Å². The van der Waals surface area contributed by atoms with Crippen LogP contribution in [0.1, 0.15) is 23.1 Å². The molecule has 0 fully saturated rings. The van der Waals surface area contributed by atoms with Gasteiger partial charge in [0, 0.05) is 36.5 Å².